The zero-order chi connectivity index (χ0) is 41.8. The number of rotatable bonds is 10. The summed E-state index contributed by atoms with van der Waals surface area (Å²) in [6.07, 6.45) is -8.40. The first-order valence-electron chi connectivity index (χ1n) is 20.2. The monoisotopic (exact) mass is 791 g/mol. The van der Waals surface area contributed by atoms with Gasteiger partial charge in [0.05, 0.1) is 53.4 Å². The third kappa shape index (κ3) is 11.0. The molecule has 0 spiro atoms. The van der Waals surface area contributed by atoms with Crippen LogP contribution in [0.15, 0.2) is 5.16 Å². The number of carbonyl (C=O) groups is 1. The van der Waals surface area contributed by atoms with Crippen molar-refractivity contribution in [3.05, 3.63) is 0 Å². The van der Waals surface area contributed by atoms with E-state index in [1.165, 1.54) is 14.0 Å². The number of oxime groups is 1. The molecule has 0 aliphatic carbocycles. The molecule has 3 fully saturated rings. The van der Waals surface area contributed by atoms with E-state index in [9.17, 15) is 30.3 Å². The molecular weight excluding hydrogens is 716 g/mol. The Kier molecular flexibility index (Phi) is 17.0. The van der Waals surface area contributed by atoms with E-state index in [2.05, 4.69) is 5.16 Å². The van der Waals surface area contributed by atoms with E-state index in [0.717, 1.165) is 0 Å². The number of aliphatic hydroxyl groups is 5. The van der Waals surface area contributed by atoms with Crippen LogP contribution in [-0.2, 0) is 38.1 Å². The van der Waals surface area contributed by atoms with Crippen molar-refractivity contribution in [1.82, 2.24) is 4.90 Å². The van der Waals surface area contributed by atoms with Gasteiger partial charge in [0.1, 0.15) is 30.5 Å². The lowest BCUT2D eigenvalue weighted by Gasteiger charge is -2.49. The van der Waals surface area contributed by atoms with Crippen LogP contribution in [0.5, 0.6) is 0 Å². The first-order chi connectivity index (χ1) is 25.5. The van der Waals surface area contributed by atoms with Crippen molar-refractivity contribution in [2.75, 3.05) is 27.8 Å². The van der Waals surface area contributed by atoms with Crippen LogP contribution in [0.25, 0.3) is 0 Å². The SMILES string of the molecule is CCCO/N=C1\[C@H](C)C[C@@](C)(O)[C@H](OC2OC(C)CC(N(C)C)C2O)[C@@H](C)[C@H](OC2CC(C)(OC)C(O)C(C)O2)[C@@H](C)C(=O)O[C@H](CC)[C@@](C)(O)[C@H](O)[C@H]1C. The van der Waals surface area contributed by atoms with E-state index >= 15 is 0 Å². The minimum Gasteiger partial charge on any atom is -0.459 e. The summed E-state index contributed by atoms with van der Waals surface area (Å²) in [6, 6.07) is -0.307. The fraction of sp³-hybridized carbons (Fsp3) is 0.950. The topological polar surface area (TPSA) is 198 Å². The van der Waals surface area contributed by atoms with Gasteiger partial charge in [0.25, 0.3) is 0 Å². The standard InChI is InChI=1S/C40H74N2O13/c1-15-17-50-41-30-21(3)19-38(9,47)35(55-37-31(43)27(42(12)13)18-22(4)51-37)24(6)32(54-29-20-39(10,49-14)34(45)26(8)52-29)25(7)36(46)53-28(16-2)40(11,48)33(44)23(30)5/h21-29,31-35,37,43-45,47-48H,15-20H2,1-14H3/b41-30+/t21-,22?,23+,24+,25-,26?,27?,28-,29?,31?,32+,33-,34?,35-,37?,38-,39?,40-/m1/s1. The lowest BCUT2D eigenvalue weighted by atomic mass is 9.73. The Morgan fingerprint density at radius 3 is 2.11 bits per heavy atom. The molecule has 0 aromatic rings. The van der Waals surface area contributed by atoms with Gasteiger partial charge in [0.15, 0.2) is 12.6 Å². The second-order valence-electron chi connectivity index (χ2n) is 17.4. The summed E-state index contributed by atoms with van der Waals surface area (Å²) in [5.74, 6) is -3.90. The van der Waals surface area contributed by atoms with Crippen molar-refractivity contribution in [2.24, 2.45) is 28.8 Å². The molecule has 0 aromatic heterocycles. The number of hydrogen-bond donors (Lipinski definition) is 5. The van der Waals surface area contributed by atoms with Gasteiger partial charge in [0, 0.05) is 37.3 Å². The van der Waals surface area contributed by atoms with Crippen LogP contribution >= 0.6 is 0 Å². The van der Waals surface area contributed by atoms with E-state index in [0.29, 0.717) is 25.2 Å². The van der Waals surface area contributed by atoms with Gasteiger partial charge in [-0.25, -0.2) is 0 Å². The molecule has 15 nitrogen and oxygen atoms in total. The molecule has 3 aliphatic heterocycles. The number of aliphatic hydroxyl groups excluding tert-OH is 3. The summed E-state index contributed by atoms with van der Waals surface area (Å²) in [4.78, 5) is 21.8. The fourth-order valence-corrected chi connectivity index (χ4v) is 8.81. The molecule has 0 amide bonds. The fourth-order valence-electron chi connectivity index (χ4n) is 8.81. The number of methoxy groups -OCH3 is 1. The number of likely N-dealkylation sites (N-methyl/N-ethyl adjacent to an activating group) is 1. The maximum atomic E-state index is 14.3. The van der Waals surface area contributed by atoms with Gasteiger partial charge in [-0.3, -0.25) is 4.79 Å². The van der Waals surface area contributed by atoms with Crippen LogP contribution in [0, 0.1) is 23.7 Å². The Morgan fingerprint density at radius 1 is 0.909 bits per heavy atom. The van der Waals surface area contributed by atoms with Crippen LogP contribution in [0.3, 0.4) is 0 Å². The zero-order valence-corrected chi connectivity index (χ0v) is 35.8. The molecule has 0 saturated carbocycles. The van der Waals surface area contributed by atoms with Crippen LogP contribution in [0.1, 0.15) is 108 Å². The van der Waals surface area contributed by atoms with Crippen molar-refractivity contribution < 1.29 is 63.6 Å². The van der Waals surface area contributed by atoms with Gasteiger partial charge in [0.2, 0.25) is 0 Å². The predicted molar refractivity (Wildman–Crippen MR) is 205 cm³/mol. The summed E-state index contributed by atoms with van der Waals surface area (Å²) in [7, 11) is 5.24. The Balaban J connectivity index is 2.24. The number of esters is 1. The Labute approximate surface area is 328 Å². The van der Waals surface area contributed by atoms with E-state index in [1.807, 2.05) is 39.8 Å². The lowest BCUT2D eigenvalue weighted by molar-refractivity contribution is -0.317. The summed E-state index contributed by atoms with van der Waals surface area (Å²) < 4.78 is 37.6. The molecule has 15 heteroatoms. The highest BCUT2D eigenvalue weighted by molar-refractivity contribution is 5.88. The maximum absolute atomic E-state index is 14.3. The average Bonchev–Trinajstić information content (AvgIpc) is 3.11. The molecule has 3 saturated heterocycles. The molecule has 18 atom stereocenters. The van der Waals surface area contributed by atoms with Gasteiger partial charge in [-0.05, 0) is 81.3 Å². The van der Waals surface area contributed by atoms with Gasteiger partial charge in [-0.1, -0.05) is 39.8 Å². The Bertz CT molecular complexity index is 1250. The molecule has 3 aliphatic rings. The Hall–Kier alpha value is -1.50. The highest BCUT2D eigenvalue weighted by Crippen LogP contribution is 2.41. The van der Waals surface area contributed by atoms with Gasteiger partial charge in [-0.2, -0.15) is 0 Å². The molecule has 0 bridgehead atoms. The first kappa shape index (κ1) is 47.9. The van der Waals surface area contributed by atoms with E-state index in [4.69, 9.17) is 33.3 Å². The van der Waals surface area contributed by atoms with Crippen LogP contribution < -0.4 is 0 Å². The minimum atomic E-state index is -1.92. The number of nitrogens with zero attached hydrogens (tertiary/aromatic N) is 2. The molecule has 3 rings (SSSR count). The van der Waals surface area contributed by atoms with Crippen molar-refractivity contribution in [1.29, 1.82) is 0 Å². The number of carbonyl (C=O) groups excluding carboxylic acids is 1. The third-order valence-electron chi connectivity index (χ3n) is 12.3. The number of cyclic esters (lactones) is 1. The Morgan fingerprint density at radius 2 is 1.55 bits per heavy atom. The number of ether oxygens (including phenoxy) is 6. The maximum Gasteiger partial charge on any atom is 0.311 e. The van der Waals surface area contributed by atoms with E-state index in [-0.39, 0.29) is 31.4 Å². The number of hydrogen-bond acceptors (Lipinski definition) is 15. The molecule has 0 radical (unpaired) electrons. The van der Waals surface area contributed by atoms with Crippen molar-refractivity contribution in [2.45, 2.75) is 193 Å². The van der Waals surface area contributed by atoms with Gasteiger partial charge < -0.3 is 63.7 Å². The van der Waals surface area contributed by atoms with Gasteiger partial charge in [-0.15, -0.1) is 0 Å². The average molecular weight is 791 g/mol. The quantitative estimate of drug-likeness (QED) is 0.123. The molecule has 3 heterocycles. The molecule has 0 aromatic carbocycles. The zero-order valence-electron chi connectivity index (χ0n) is 35.8. The summed E-state index contributed by atoms with van der Waals surface area (Å²) >= 11 is 0. The predicted octanol–water partition coefficient (Wildman–Crippen LogP) is 3.00. The third-order valence-corrected chi connectivity index (χ3v) is 12.3. The molecule has 8 unspecified atom stereocenters. The molecule has 55 heavy (non-hydrogen) atoms. The summed E-state index contributed by atoms with van der Waals surface area (Å²) in [5.41, 5.74) is -4.28. The lowest BCUT2D eigenvalue weighted by Crippen LogP contribution is -2.61. The van der Waals surface area contributed by atoms with Crippen LogP contribution in [-0.4, -0.2) is 154 Å². The highest BCUT2D eigenvalue weighted by Gasteiger charge is 2.53. The summed E-state index contributed by atoms with van der Waals surface area (Å²) in [5, 5.41) is 63.4. The highest BCUT2D eigenvalue weighted by atomic mass is 16.7. The van der Waals surface area contributed by atoms with Crippen molar-refractivity contribution in [3.8, 4) is 0 Å². The van der Waals surface area contributed by atoms with Gasteiger partial charge >= 0.3 is 5.97 Å². The smallest absolute Gasteiger partial charge is 0.311 e. The normalized spacial score (nSPS) is 47.7. The minimum absolute atomic E-state index is 0.0264. The molecule has 5 N–H and O–H groups in total. The second kappa shape index (κ2) is 19.5. The van der Waals surface area contributed by atoms with E-state index < -0.39 is 102 Å². The second-order valence-corrected chi connectivity index (χ2v) is 17.4. The van der Waals surface area contributed by atoms with Crippen LogP contribution in [0.4, 0.5) is 0 Å². The van der Waals surface area contributed by atoms with E-state index in [1.54, 1.807) is 48.5 Å². The largest absolute Gasteiger partial charge is 0.459 e. The first-order valence-corrected chi connectivity index (χ1v) is 20.2. The summed E-state index contributed by atoms with van der Waals surface area (Å²) in [6.45, 7) is 19.4. The van der Waals surface area contributed by atoms with Crippen LogP contribution in [0.2, 0.25) is 0 Å². The molecule has 322 valence electrons. The van der Waals surface area contributed by atoms with Crippen molar-refractivity contribution >= 4 is 11.7 Å². The molecular formula is C40H74N2O13. The van der Waals surface area contributed by atoms with Crippen molar-refractivity contribution in [3.63, 3.8) is 0 Å².